The molecule has 1 fully saturated rings. The minimum atomic E-state index is -0.541. The second-order valence-corrected chi connectivity index (χ2v) is 5.34. The van der Waals surface area contributed by atoms with Gasteiger partial charge in [-0.05, 0) is 31.0 Å². The van der Waals surface area contributed by atoms with Gasteiger partial charge in [0.05, 0.1) is 12.1 Å². The molecule has 1 aliphatic heterocycles. The highest BCUT2D eigenvalue weighted by atomic mass is 19.1. The molecule has 0 spiro atoms. The summed E-state index contributed by atoms with van der Waals surface area (Å²) >= 11 is 0. The van der Waals surface area contributed by atoms with Crippen molar-refractivity contribution in [1.29, 1.82) is 0 Å². The lowest BCUT2D eigenvalue weighted by Gasteiger charge is -2.31. The van der Waals surface area contributed by atoms with Crippen LogP contribution in [-0.4, -0.2) is 47.4 Å². The van der Waals surface area contributed by atoms with E-state index in [9.17, 15) is 19.1 Å². The van der Waals surface area contributed by atoms with Crippen molar-refractivity contribution >= 4 is 11.7 Å². The van der Waals surface area contributed by atoms with Crippen LogP contribution in [0.25, 0.3) is 0 Å². The Morgan fingerprint density at radius 3 is 2.67 bits per heavy atom. The number of Topliss-reactive ketones (excluding diaryl/α,β-unsaturated/α-hetero) is 1. The SMILES string of the molecule is CC(=O)NC1CCN(CC(=O)c2cc(F)ccc2O)CC1. The van der Waals surface area contributed by atoms with E-state index in [-0.39, 0.29) is 35.6 Å². The maximum atomic E-state index is 13.1. The van der Waals surface area contributed by atoms with E-state index in [1.54, 1.807) is 0 Å². The summed E-state index contributed by atoms with van der Waals surface area (Å²) < 4.78 is 13.1. The number of rotatable bonds is 4. The number of nitrogens with zero attached hydrogens (tertiary/aromatic N) is 1. The van der Waals surface area contributed by atoms with Crippen molar-refractivity contribution in [1.82, 2.24) is 10.2 Å². The summed E-state index contributed by atoms with van der Waals surface area (Å²) in [5.74, 6) is -1.09. The second kappa shape index (κ2) is 6.67. The first-order valence-corrected chi connectivity index (χ1v) is 6.97. The van der Waals surface area contributed by atoms with E-state index < -0.39 is 5.82 Å². The van der Waals surface area contributed by atoms with Crippen molar-refractivity contribution in [2.24, 2.45) is 0 Å². The third kappa shape index (κ3) is 4.26. The lowest BCUT2D eigenvalue weighted by Crippen LogP contribution is -2.45. The molecule has 1 aromatic carbocycles. The fraction of sp³-hybridized carbons (Fsp3) is 0.467. The fourth-order valence-electron chi connectivity index (χ4n) is 2.54. The molecule has 1 aromatic rings. The smallest absolute Gasteiger partial charge is 0.217 e. The topological polar surface area (TPSA) is 69.6 Å². The average molecular weight is 294 g/mol. The minimum Gasteiger partial charge on any atom is -0.507 e. The third-order valence-electron chi connectivity index (χ3n) is 3.62. The Kier molecular flexibility index (Phi) is 4.90. The highest BCUT2D eigenvalue weighted by Crippen LogP contribution is 2.19. The van der Waals surface area contributed by atoms with Gasteiger partial charge in [0.25, 0.3) is 0 Å². The van der Waals surface area contributed by atoms with Crippen molar-refractivity contribution in [3.63, 3.8) is 0 Å². The molecule has 114 valence electrons. The standard InChI is InChI=1S/C15H19FN2O3/c1-10(19)17-12-4-6-18(7-5-12)9-15(21)13-8-11(16)2-3-14(13)20/h2-3,8,12,20H,4-7,9H2,1H3,(H,17,19). The van der Waals surface area contributed by atoms with E-state index in [2.05, 4.69) is 5.32 Å². The lowest BCUT2D eigenvalue weighted by molar-refractivity contribution is -0.119. The molecule has 1 saturated heterocycles. The number of carbonyl (C=O) groups excluding carboxylic acids is 2. The van der Waals surface area contributed by atoms with Crippen LogP contribution in [-0.2, 0) is 4.79 Å². The van der Waals surface area contributed by atoms with Gasteiger partial charge in [-0.15, -0.1) is 0 Å². The molecule has 0 atom stereocenters. The second-order valence-electron chi connectivity index (χ2n) is 5.34. The molecule has 2 N–H and O–H groups in total. The van der Waals surface area contributed by atoms with Crippen LogP contribution in [0.5, 0.6) is 5.75 Å². The first kappa shape index (κ1) is 15.4. The highest BCUT2D eigenvalue weighted by Gasteiger charge is 2.22. The zero-order valence-corrected chi connectivity index (χ0v) is 11.9. The maximum absolute atomic E-state index is 13.1. The number of phenols is 1. The summed E-state index contributed by atoms with van der Waals surface area (Å²) in [5.41, 5.74) is 0.0129. The predicted molar refractivity (Wildman–Crippen MR) is 75.7 cm³/mol. The average Bonchev–Trinajstić information content (AvgIpc) is 2.43. The van der Waals surface area contributed by atoms with E-state index >= 15 is 0 Å². The molecule has 0 aliphatic carbocycles. The number of piperidine rings is 1. The van der Waals surface area contributed by atoms with Gasteiger partial charge in [-0.2, -0.15) is 0 Å². The van der Waals surface area contributed by atoms with E-state index in [1.165, 1.54) is 13.0 Å². The number of likely N-dealkylation sites (tertiary alicyclic amines) is 1. The molecule has 1 heterocycles. The highest BCUT2D eigenvalue weighted by molar-refractivity contribution is 6.00. The van der Waals surface area contributed by atoms with Gasteiger partial charge in [0.2, 0.25) is 5.91 Å². The van der Waals surface area contributed by atoms with Crippen molar-refractivity contribution in [2.45, 2.75) is 25.8 Å². The van der Waals surface area contributed by atoms with Crippen LogP contribution in [0.15, 0.2) is 18.2 Å². The molecule has 2 rings (SSSR count). The predicted octanol–water partition coefficient (Wildman–Crippen LogP) is 1.31. The molecule has 0 saturated carbocycles. The molecular formula is C15H19FN2O3. The van der Waals surface area contributed by atoms with Crippen LogP contribution in [0.2, 0.25) is 0 Å². The van der Waals surface area contributed by atoms with Crippen molar-refractivity contribution in [3.05, 3.63) is 29.6 Å². The largest absolute Gasteiger partial charge is 0.507 e. The Labute approximate surface area is 122 Å². The number of hydrogen-bond donors (Lipinski definition) is 2. The minimum absolute atomic E-state index is 0.0129. The molecule has 6 heteroatoms. The molecule has 1 aliphatic rings. The van der Waals surface area contributed by atoms with Crippen LogP contribution in [0.3, 0.4) is 0 Å². The van der Waals surface area contributed by atoms with Gasteiger partial charge in [0.1, 0.15) is 11.6 Å². The number of aromatic hydroxyl groups is 1. The fourth-order valence-corrected chi connectivity index (χ4v) is 2.54. The van der Waals surface area contributed by atoms with Gasteiger partial charge in [-0.3, -0.25) is 14.5 Å². The van der Waals surface area contributed by atoms with Gasteiger partial charge in [-0.1, -0.05) is 0 Å². The molecule has 21 heavy (non-hydrogen) atoms. The zero-order chi connectivity index (χ0) is 15.4. The zero-order valence-electron chi connectivity index (χ0n) is 11.9. The van der Waals surface area contributed by atoms with Gasteiger partial charge in [-0.25, -0.2) is 4.39 Å². The van der Waals surface area contributed by atoms with E-state index in [4.69, 9.17) is 0 Å². The van der Waals surface area contributed by atoms with Crippen molar-refractivity contribution in [3.8, 4) is 5.75 Å². The third-order valence-corrected chi connectivity index (χ3v) is 3.62. The number of nitrogens with one attached hydrogen (secondary N) is 1. The summed E-state index contributed by atoms with van der Waals surface area (Å²) in [6, 6.07) is 3.51. The van der Waals surface area contributed by atoms with Crippen LogP contribution >= 0.6 is 0 Å². The number of benzene rings is 1. The summed E-state index contributed by atoms with van der Waals surface area (Å²) in [6.07, 6.45) is 1.56. The molecular weight excluding hydrogens is 275 g/mol. The van der Waals surface area contributed by atoms with Crippen molar-refractivity contribution in [2.75, 3.05) is 19.6 Å². The molecule has 0 radical (unpaired) electrons. The number of amides is 1. The van der Waals surface area contributed by atoms with Crippen molar-refractivity contribution < 1.29 is 19.1 Å². The van der Waals surface area contributed by atoms with E-state index in [0.717, 1.165) is 25.0 Å². The first-order valence-electron chi connectivity index (χ1n) is 6.97. The summed E-state index contributed by atoms with van der Waals surface area (Å²) in [7, 11) is 0. The first-order chi connectivity index (χ1) is 9.95. The lowest BCUT2D eigenvalue weighted by atomic mass is 10.0. The molecule has 0 aromatic heterocycles. The summed E-state index contributed by atoms with van der Waals surface area (Å²) in [4.78, 5) is 25.0. The van der Waals surface area contributed by atoms with Crippen LogP contribution < -0.4 is 5.32 Å². The van der Waals surface area contributed by atoms with Gasteiger partial charge in [0.15, 0.2) is 5.78 Å². The Morgan fingerprint density at radius 1 is 1.38 bits per heavy atom. The van der Waals surface area contributed by atoms with Crippen LogP contribution in [0.1, 0.15) is 30.1 Å². The van der Waals surface area contributed by atoms with E-state index in [0.29, 0.717) is 13.1 Å². The molecule has 5 nitrogen and oxygen atoms in total. The molecule has 0 unspecified atom stereocenters. The number of carbonyl (C=O) groups is 2. The van der Waals surface area contributed by atoms with Crippen LogP contribution in [0.4, 0.5) is 4.39 Å². The number of halogens is 1. The number of hydrogen-bond acceptors (Lipinski definition) is 4. The van der Waals surface area contributed by atoms with Gasteiger partial charge < -0.3 is 10.4 Å². The Balaban J connectivity index is 1.90. The normalized spacial score (nSPS) is 16.7. The Morgan fingerprint density at radius 2 is 2.05 bits per heavy atom. The quantitative estimate of drug-likeness (QED) is 0.822. The number of ketones is 1. The molecule has 1 amide bonds. The molecule has 0 bridgehead atoms. The summed E-state index contributed by atoms with van der Waals surface area (Å²) in [6.45, 7) is 3.01. The Hall–Kier alpha value is -1.95. The summed E-state index contributed by atoms with van der Waals surface area (Å²) in [5, 5.41) is 12.5. The maximum Gasteiger partial charge on any atom is 0.217 e. The number of phenolic OH excluding ortho intramolecular Hbond substituents is 1. The van der Waals surface area contributed by atoms with E-state index in [1.807, 2.05) is 4.90 Å². The van der Waals surface area contributed by atoms with Gasteiger partial charge in [0, 0.05) is 26.1 Å². The van der Waals surface area contributed by atoms with Crippen LogP contribution in [0, 0.1) is 5.82 Å². The Bertz CT molecular complexity index is 540. The van der Waals surface area contributed by atoms with Gasteiger partial charge >= 0.3 is 0 Å². The monoisotopic (exact) mass is 294 g/mol.